The molecule has 4 atom stereocenters. The van der Waals surface area contributed by atoms with Crippen molar-refractivity contribution in [1.82, 2.24) is 0 Å². The predicted octanol–water partition coefficient (Wildman–Crippen LogP) is 2.54. The van der Waals surface area contributed by atoms with E-state index in [4.69, 9.17) is 14.2 Å². The maximum absolute atomic E-state index is 12.7. The third kappa shape index (κ3) is 5.07. The molecule has 4 unspecified atom stereocenters. The quantitative estimate of drug-likeness (QED) is 0.605. The van der Waals surface area contributed by atoms with Gasteiger partial charge >= 0.3 is 17.9 Å². The van der Waals surface area contributed by atoms with E-state index in [1.54, 1.807) is 27.7 Å². The van der Waals surface area contributed by atoms with Crippen molar-refractivity contribution >= 4 is 17.9 Å². The highest BCUT2D eigenvalue weighted by Crippen LogP contribution is 2.25. The maximum Gasteiger partial charge on any atom is 0.313 e. The average Bonchev–Trinajstić information content (AvgIpc) is 2.64. The van der Waals surface area contributed by atoms with E-state index in [1.807, 2.05) is 30.3 Å². The third-order valence-corrected chi connectivity index (χ3v) is 4.36. The van der Waals surface area contributed by atoms with Gasteiger partial charge in [-0.2, -0.15) is 0 Å². The van der Waals surface area contributed by atoms with Gasteiger partial charge in [0.15, 0.2) is 6.10 Å². The molecule has 0 bridgehead atoms. The number of rotatable bonds is 4. The maximum atomic E-state index is 12.7. The summed E-state index contributed by atoms with van der Waals surface area (Å²) in [5.74, 6) is -3.11. The second kappa shape index (κ2) is 8.83. The second-order valence-corrected chi connectivity index (χ2v) is 7.03. The van der Waals surface area contributed by atoms with E-state index in [-0.39, 0.29) is 12.5 Å². The van der Waals surface area contributed by atoms with E-state index in [0.717, 1.165) is 5.56 Å². The Morgan fingerprint density at radius 3 is 2.42 bits per heavy atom. The van der Waals surface area contributed by atoms with Gasteiger partial charge in [-0.3, -0.25) is 14.4 Å². The van der Waals surface area contributed by atoms with Gasteiger partial charge < -0.3 is 14.2 Å². The van der Waals surface area contributed by atoms with E-state index in [0.29, 0.717) is 6.42 Å². The number of benzene rings is 1. The zero-order valence-corrected chi connectivity index (χ0v) is 15.6. The smallest absolute Gasteiger partial charge is 0.313 e. The van der Waals surface area contributed by atoms with Gasteiger partial charge in [-0.1, -0.05) is 44.2 Å². The van der Waals surface area contributed by atoms with Crippen LogP contribution in [0.25, 0.3) is 0 Å². The Bertz CT molecular complexity index is 639. The lowest BCUT2D eigenvalue weighted by molar-refractivity contribution is -0.176. The molecule has 2 rings (SSSR count). The van der Waals surface area contributed by atoms with Gasteiger partial charge in [0.05, 0.1) is 11.8 Å². The van der Waals surface area contributed by atoms with Crippen LogP contribution in [0.2, 0.25) is 0 Å². The topological polar surface area (TPSA) is 78.9 Å². The monoisotopic (exact) mass is 362 g/mol. The summed E-state index contributed by atoms with van der Waals surface area (Å²) in [5, 5.41) is 0. The van der Waals surface area contributed by atoms with Crippen LogP contribution in [0.4, 0.5) is 0 Å². The normalized spacial score (nSPS) is 27.0. The predicted molar refractivity (Wildman–Crippen MR) is 94.0 cm³/mol. The highest BCUT2D eigenvalue weighted by atomic mass is 16.6. The number of hydrogen-bond acceptors (Lipinski definition) is 6. The Balaban J connectivity index is 2.34. The summed E-state index contributed by atoms with van der Waals surface area (Å²) in [6, 6.07) is 9.40. The van der Waals surface area contributed by atoms with E-state index in [9.17, 15) is 14.4 Å². The first-order valence-corrected chi connectivity index (χ1v) is 8.91. The number of esters is 3. The molecule has 1 heterocycles. The van der Waals surface area contributed by atoms with Gasteiger partial charge in [0.1, 0.15) is 18.6 Å². The Morgan fingerprint density at radius 1 is 1.15 bits per heavy atom. The van der Waals surface area contributed by atoms with Crippen LogP contribution in [0, 0.1) is 17.8 Å². The number of carbonyl (C=O) groups excluding carboxylic acids is 3. The largest absolute Gasteiger partial charge is 0.464 e. The molecular weight excluding hydrogens is 336 g/mol. The summed E-state index contributed by atoms with van der Waals surface area (Å²) in [4.78, 5) is 37.0. The molecule has 1 fully saturated rings. The van der Waals surface area contributed by atoms with E-state index in [2.05, 4.69) is 0 Å². The molecule has 1 aliphatic rings. The van der Waals surface area contributed by atoms with Crippen LogP contribution in [0.15, 0.2) is 30.3 Å². The van der Waals surface area contributed by atoms with Crippen LogP contribution >= 0.6 is 0 Å². The Kier molecular flexibility index (Phi) is 6.77. The number of ether oxygens (including phenoxy) is 3. The first kappa shape index (κ1) is 19.9. The molecule has 6 nitrogen and oxygen atoms in total. The summed E-state index contributed by atoms with van der Waals surface area (Å²) in [6.45, 7) is 6.64. The molecular formula is C20H26O6. The lowest BCUT2D eigenvalue weighted by Crippen LogP contribution is -2.43. The zero-order chi connectivity index (χ0) is 19.3. The van der Waals surface area contributed by atoms with Crippen molar-refractivity contribution in [2.45, 2.75) is 46.3 Å². The van der Waals surface area contributed by atoms with Gasteiger partial charge in [0.25, 0.3) is 0 Å². The van der Waals surface area contributed by atoms with Gasteiger partial charge in [-0.25, -0.2) is 0 Å². The zero-order valence-electron chi connectivity index (χ0n) is 15.6. The van der Waals surface area contributed by atoms with Crippen molar-refractivity contribution in [2.75, 3.05) is 6.61 Å². The molecule has 1 saturated heterocycles. The van der Waals surface area contributed by atoms with Crippen molar-refractivity contribution in [1.29, 1.82) is 0 Å². The molecule has 0 saturated carbocycles. The van der Waals surface area contributed by atoms with Gasteiger partial charge in [0, 0.05) is 0 Å². The lowest BCUT2D eigenvalue weighted by Gasteiger charge is -2.29. The Labute approximate surface area is 153 Å². The molecule has 0 aromatic heterocycles. The van der Waals surface area contributed by atoms with Crippen molar-refractivity contribution in [3.05, 3.63) is 35.9 Å². The van der Waals surface area contributed by atoms with Crippen LogP contribution in [0.1, 0.15) is 33.3 Å². The average molecular weight is 362 g/mol. The number of hydrogen-bond donors (Lipinski definition) is 0. The van der Waals surface area contributed by atoms with Crippen LogP contribution in [-0.2, 0) is 35.0 Å². The summed E-state index contributed by atoms with van der Waals surface area (Å²) < 4.78 is 16.3. The molecule has 1 aliphatic heterocycles. The fourth-order valence-electron chi connectivity index (χ4n) is 2.73. The molecule has 1 aromatic rings. The highest BCUT2D eigenvalue weighted by molar-refractivity contribution is 5.78. The van der Waals surface area contributed by atoms with Gasteiger partial charge in [-0.05, 0) is 25.8 Å². The SMILES string of the molecule is CC(C)C(=O)OC1C(C)OC(=O)C(C)COC(=O)C1Cc1ccccc1. The van der Waals surface area contributed by atoms with E-state index in [1.165, 1.54) is 0 Å². The summed E-state index contributed by atoms with van der Waals surface area (Å²) in [5.41, 5.74) is 0.908. The molecule has 0 radical (unpaired) electrons. The van der Waals surface area contributed by atoms with Crippen LogP contribution in [0.3, 0.4) is 0 Å². The molecule has 0 N–H and O–H groups in total. The van der Waals surface area contributed by atoms with Crippen LogP contribution in [0.5, 0.6) is 0 Å². The van der Waals surface area contributed by atoms with Crippen molar-refractivity contribution in [2.24, 2.45) is 17.8 Å². The van der Waals surface area contributed by atoms with Crippen molar-refractivity contribution in [3.63, 3.8) is 0 Å². The van der Waals surface area contributed by atoms with E-state index < -0.39 is 42.0 Å². The second-order valence-electron chi connectivity index (χ2n) is 7.03. The minimum absolute atomic E-state index is 0.0550. The minimum atomic E-state index is -0.910. The molecule has 26 heavy (non-hydrogen) atoms. The summed E-state index contributed by atoms with van der Waals surface area (Å²) >= 11 is 0. The highest BCUT2D eigenvalue weighted by Gasteiger charge is 2.41. The number of cyclic esters (lactones) is 2. The van der Waals surface area contributed by atoms with Crippen molar-refractivity contribution < 1.29 is 28.6 Å². The van der Waals surface area contributed by atoms with Crippen molar-refractivity contribution in [3.8, 4) is 0 Å². The fraction of sp³-hybridized carbons (Fsp3) is 0.550. The molecule has 6 heteroatoms. The molecule has 0 aliphatic carbocycles. The third-order valence-electron chi connectivity index (χ3n) is 4.36. The van der Waals surface area contributed by atoms with E-state index >= 15 is 0 Å². The standard InChI is InChI=1S/C20H26O6/c1-12(2)18(21)26-17-14(4)25-19(22)13(3)11-24-20(23)16(17)10-15-8-6-5-7-9-15/h5-9,12-14,16-17H,10-11H2,1-4H3. The number of carbonyl (C=O) groups is 3. The fourth-order valence-corrected chi connectivity index (χ4v) is 2.73. The van der Waals surface area contributed by atoms with Crippen LogP contribution in [-0.4, -0.2) is 36.7 Å². The lowest BCUT2D eigenvalue weighted by atomic mass is 9.91. The molecule has 1 aromatic carbocycles. The van der Waals surface area contributed by atoms with Crippen LogP contribution < -0.4 is 0 Å². The molecule has 0 amide bonds. The first-order chi connectivity index (χ1) is 12.3. The Hall–Kier alpha value is -2.37. The summed E-state index contributed by atoms with van der Waals surface area (Å²) in [7, 11) is 0. The summed E-state index contributed by atoms with van der Waals surface area (Å²) in [6.07, 6.45) is -1.34. The minimum Gasteiger partial charge on any atom is -0.464 e. The molecule has 142 valence electrons. The molecule has 0 spiro atoms. The Morgan fingerprint density at radius 2 is 1.81 bits per heavy atom. The van der Waals surface area contributed by atoms with Gasteiger partial charge in [0.2, 0.25) is 0 Å². The van der Waals surface area contributed by atoms with Gasteiger partial charge in [-0.15, -0.1) is 0 Å². The first-order valence-electron chi connectivity index (χ1n) is 8.91.